The number of rotatable bonds is 3. The van der Waals surface area contributed by atoms with Crippen molar-refractivity contribution in [2.24, 2.45) is 0 Å². The molecule has 0 atom stereocenters. The SMILES string of the molecule is CC(=O)n1c(/C=C/S(=O)(=O)c2ccc(C)cc2)cc2ccccc21. The van der Waals surface area contributed by atoms with Crippen LogP contribution in [0.3, 0.4) is 0 Å². The number of para-hydroxylation sites is 1. The van der Waals surface area contributed by atoms with Crippen LogP contribution < -0.4 is 0 Å². The Bertz CT molecular complexity index is 1040. The first-order chi connectivity index (χ1) is 11.4. The van der Waals surface area contributed by atoms with Crippen LogP contribution in [0.5, 0.6) is 0 Å². The maximum absolute atomic E-state index is 12.4. The standard InChI is InChI=1S/C19H17NO3S/c1-14-7-9-18(10-8-14)24(22,23)12-11-17-13-16-5-3-4-6-19(16)20(17)15(2)21/h3-13H,1-2H3/b12-11+. The second kappa shape index (κ2) is 6.09. The normalized spacial score (nSPS) is 12.1. The van der Waals surface area contributed by atoms with Crippen molar-refractivity contribution in [3.05, 3.63) is 71.3 Å². The number of carbonyl (C=O) groups is 1. The topological polar surface area (TPSA) is 56.1 Å². The Labute approximate surface area is 141 Å². The highest BCUT2D eigenvalue weighted by molar-refractivity contribution is 7.94. The summed E-state index contributed by atoms with van der Waals surface area (Å²) in [5.41, 5.74) is 2.30. The van der Waals surface area contributed by atoms with Gasteiger partial charge in [0.05, 0.1) is 16.1 Å². The smallest absolute Gasteiger partial charge is 0.228 e. The van der Waals surface area contributed by atoms with E-state index in [1.807, 2.05) is 31.2 Å². The number of fused-ring (bicyclic) bond motifs is 1. The lowest BCUT2D eigenvalue weighted by Gasteiger charge is -2.03. The Balaban J connectivity index is 2.06. The number of nitrogens with zero attached hydrogens (tertiary/aromatic N) is 1. The van der Waals surface area contributed by atoms with Gasteiger partial charge in [0, 0.05) is 17.7 Å². The maximum Gasteiger partial charge on any atom is 0.228 e. The Morgan fingerprint density at radius 1 is 1.04 bits per heavy atom. The summed E-state index contributed by atoms with van der Waals surface area (Å²) in [6, 6.07) is 15.9. The molecule has 0 fully saturated rings. The van der Waals surface area contributed by atoms with Gasteiger partial charge in [-0.2, -0.15) is 0 Å². The van der Waals surface area contributed by atoms with E-state index < -0.39 is 9.84 Å². The number of aryl methyl sites for hydroxylation is 1. The van der Waals surface area contributed by atoms with E-state index in [0.29, 0.717) is 5.69 Å². The van der Waals surface area contributed by atoms with Gasteiger partial charge in [-0.3, -0.25) is 9.36 Å². The minimum Gasteiger partial charge on any atom is -0.281 e. The molecule has 0 aliphatic carbocycles. The van der Waals surface area contributed by atoms with Gasteiger partial charge in [0.25, 0.3) is 0 Å². The summed E-state index contributed by atoms with van der Waals surface area (Å²) in [6.45, 7) is 3.36. The lowest BCUT2D eigenvalue weighted by atomic mass is 10.2. The molecule has 122 valence electrons. The molecule has 24 heavy (non-hydrogen) atoms. The Morgan fingerprint density at radius 2 is 1.71 bits per heavy atom. The van der Waals surface area contributed by atoms with Crippen LogP contribution in [-0.2, 0) is 9.84 Å². The third-order valence-electron chi connectivity index (χ3n) is 3.82. The number of hydrogen-bond acceptors (Lipinski definition) is 3. The van der Waals surface area contributed by atoms with Gasteiger partial charge in [0.2, 0.25) is 5.91 Å². The van der Waals surface area contributed by atoms with Gasteiger partial charge >= 0.3 is 0 Å². The number of sulfone groups is 1. The molecule has 0 aliphatic rings. The third-order valence-corrected chi connectivity index (χ3v) is 5.25. The lowest BCUT2D eigenvalue weighted by molar-refractivity contribution is 0.0941. The molecule has 0 saturated carbocycles. The highest BCUT2D eigenvalue weighted by atomic mass is 32.2. The van der Waals surface area contributed by atoms with Crippen LogP contribution in [0.1, 0.15) is 23.0 Å². The quantitative estimate of drug-likeness (QED) is 0.723. The minimum atomic E-state index is -3.56. The highest BCUT2D eigenvalue weighted by Gasteiger charge is 2.13. The number of benzene rings is 2. The van der Waals surface area contributed by atoms with E-state index in [1.54, 1.807) is 30.3 Å². The fourth-order valence-corrected chi connectivity index (χ4v) is 3.61. The van der Waals surface area contributed by atoms with Gasteiger partial charge in [-0.25, -0.2) is 8.42 Å². The molecule has 0 aliphatic heterocycles. The average molecular weight is 339 g/mol. The first-order valence-electron chi connectivity index (χ1n) is 7.50. The first kappa shape index (κ1) is 16.2. The van der Waals surface area contributed by atoms with Crippen LogP contribution in [0, 0.1) is 6.92 Å². The molecule has 0 N–H and O–H groups in total. The molecule has 0 bridgehead atoms. The van der Waals surface area contributed by atoms with E-state index in [0.717, 1.165) is 21.9 Å². The van der Waals surface area contributed by atoms with Crippen molar-refractivity contribution in [1.29, 1.82) is 0 Å². The zero-order chi connectivity index (χ0) is 17.3. The molecule has 3 aromatic rings. The molecule has 3 rings (SSSR count). The van der Waals surface area contributed by atoms with E-state index in [-0.39, 0.29) is 10.8 Å². The predicted octanol–water partition coefficient (Wildman–Crippen LogP) is 4.05. The predicted molar refractivity (Wildman–Crippen MR) is 95.6 cm³/mol. The van der Waals surface area contributed by atoms with Crippen molar-refractivity contribution in [2.45, 2.75) is 18.7 Å². The van der Waals surface area contributed by atoms with Crippen LogP contribution in [0.25, 0.3) is 17.0 Å². The lowest BCUT2D eigenvalue weighted by Crippen LogP contribution is -2.07. The van der Waals surface area contributed by atoms with Crippen molar-refractivity contribution in [3.8, 4) is 0 Å². The number of hydrogen-bond donors (Lipinski definition) is 0. The summed E-state index contributed by atoms with van der Waals surface area (Å²) in [4.78, 5) is 12.2. The summed E-state index contributed by atoms with van der Waals surface area (Å²) in [5.74, 6) is -0.163. The van der Waals surface area contributed by atoms with Gasteiger partial charge in [0.15, 0.2) is 9.84 Å². The van der Waals surface area contributed by atoms with Crippen molar-refractivity contribution in [2.75, 3.05) is 0 Å². The summed E-state index contributed by atoms with van der Waals surface area (Å²) in [7, 11) is -3.56. The van der Waals surface area contributed by atoms with E-state index in [2.05, 4.69) is 0 Å². The molecule has 0 radical (unpaired) electrons. The third kappa shape index (κ3) is 3.03. The largest absolute Gasteiger partial charge is 0.281 e. The van der Waals surface area contributed by atoms with Gasteiger partial charge in [-0.05, 0) is 37.3 Å². The van der Waals surface area contributed by atoms with E-state index in [9.17, 15) is 13.2 Å². The van der Waals surface area contributed by atoms with Gasteiger partial charge < -0.3 is 0 Å². The molecule has 0 amide bonds. The van der Waals surface area contributed by atoms with Crippen molar-refractivity contribution in [1.82, 2.24) is 4.57 Å². The Hall–Kier alpha value is -2.66. The average Bonchev–Trinajstić information content (AvgIpc) is 2.92. The molecular formula is C19H17NO3S. The Kier molecular flexibility index (Phi) is 4.11. The zero-order valence-electron chi connectivity index (χ0n) is 13.4. The van der Waals surface area contributed by atoms with Crippen molar-refractivity contribution >= 4 is 32.7 Å². The number of carbonyl (C=O) groups excluding carboxylic acids is 1. The molecule has 1 heterocycles. The summed E-state index contributed by atoms with van der Waals surface area (Å²) in [5, 5.41) is 2.03. The molecule has 1 aromatic heterocycles. The molecular weight excluding hydrogens is 322 g/mol. The fraction of sp³-hybridized carbons (Fsp3) is 0.105. The summed E-state index contributed by atoms with van der Waals surface area (Å²) in [6.07, 6.45) is 1.47. The van der Waals surface area contributed by atoms with Crippen molar-refractivity contribution < 1.29 is 13.2 Å². The molecule has 0 spiro atoms. The van der Waals surface area contributed by atoms with Gasteiger partial charge in [-0.1, -0.05) is 35.9 Å². The van der Waals surface area contributed by atoms with Crippen LogP contribution in [-0.4, -0.2) is 18.9 Å². The Morgan fingerprint density at radius 3 is 2.38 bits per heavy atom. The van der Waals surface area contributed by atoms with Gasteiger partial charge in [-0.15, -0.1) is 0 Å². The first-order valence-corrected chi connectivity index (χ1v) is 9.04. The molecule has 5 heteroatoms. The van der Waals surface area contributed by atoms with Crippen LogP contribution in [0.4, 0.5) is 0 Å². The van der Waals surface area contributed by atoms with E-state index in [1.165, 1.54) is 17.6 Å². The molecule has 2 aromatic carbocycles. The van der Waals surface area contributed by atoms with Gasteiger partial charge in [0.1, 0.15) is 0 Å². The minimum absolute atomic E-state index is 0.163. The summed E-state index contributed by atoms with van der Waals surface area (Å²) < 4.78 is 26.4. The van der Waals surface area contributed by atoms with Crippen LogP contribution in [0.2, 0.25) is 0 Å². The second-order valence-corrected chi connectivity index (χ2v) is 7.48. The fourth-order valence-electron chi connectivity index (χ4n) is 2.62. The molecule has 0 saturated heterocycles. The van der Waals surface area contributed by atoms with Crippen LogP contribution >= 0.6 is 0 Å². The summed E-state index contributed by atoms with van der Waals surface area (Å²) >= 11 is 0. The number of aromatic nitrogens is 1. The maximum atomic E-state index is 12.4. The van der Waals surface area contributed by atoms with E-state index in [4.69, 9.17) is 0 Å². The van der Waals surface area contributed by atoms with Crippen molar-refractivity contribution in [3.63, 3.8) is 0 Å². The zero-order valence-corrected chi connectivity index (χ0v) is 14.2. The monoisotopic (exact) mass is 339 g/mol. The second-order valence-electron chi connectivity index (χ2n) is 5.64. The highest BCUT2D eigenvalue weighted by Crippen LogP contribution is 2.22. The molecule has 0 unspecified atom stereocenters. The van der Waals surface area contributed by atoms with E-state index >= 15 is 0 Å². The van der Waals surface area contributed by atoms with Crippen LogP contribution in [0.15, 0.2) is 64.9 Å². The molecule has 4 nitrogen and oxygen atoms in total.